The molecule has 0 saturated carbocycles. The minimum Gasteiger partial charge on any atom is -0.475 e. The normalized spacial score (nSPS) is 20.3. The highest BCUT2D eigenvalue weighted by molar-refractivity contribution is 7.13. The zero-order valence-corrected chi connectivity index (χ0v) is 12.3. The first-order chi connectivity index (χ1) is 9.85. The van der Waals surface area contributed by atoms with Crippen LogP contribution in [-0.2, 0) is 4.79 Å². The molecular weight excluding hydrogens is 305 g/mol. The van der Waals surface area contributed by atoms with E-state index in [-0.39, 0.29) is 22.9 Å². The van der Waals surface area contributed by atoms with Gasteiger partial charge in [0, 0.05) is 11.4 Å². The zero-order chi connectivity index (χ0) is 15.5. The molecule has 1 aromatic rings. The SMILES string of the molecule is C[C@@H](NC(=O)C1CCNC1)c1ccc(OCC(F)(F)F)s1. The van der Waals surface area contributed by atoms with Crippen molar-refractivity contribution in [2.45, 2.75) is 25.6 Å². The molecule has 118 valence electrons. The molecule has 8 heteroatoms. The molecule has 1 saturated heterocycles. The van der Waals surface area contributed by atoms with Gasteiger partial charge in [0.05, 0.1) is 12.0 Å². The third-order valence-electron chi connectivity index (χ3n) is 3.20. The van der Waals surface area contributed by atoms with Crippen molar-refractivity contribution in [2.24, 2.45) is 5.92 Å². The standard InChI is InChI=1S/C13H17F3N2O2S/c1-8(18-12(19)9-4-5-17-6-9)10-2-3-11(21-10)20-7-13(14,15)16/h2-3,8-9,17H,4-7H2,1H3,(H,18,19)/t8-,9?/m1/s1. The number of thiophene rings is 1. The molecule has 0 spiro atoms. The van der Waals surface area contributed by atoms with Gasteiger partial charge in [-0.15, -0.1) is 11.3 Å². The van der Waals surface area contributed by atoms with Crippen LogP contribution in [0.4, 0.5) is 13.2 Å². The molecule has 1 aliphatic heterocycles. The Hall–Kier alpha value is -1.28. The fraction of sp³-hybridized carbons (Fsp3) is 0.615. The molecular formula is C13H17F3N2O2S. The third kappa shape index (κ3) is 4.89. The maximum absolute atomic E-state index is 12.1. The van der Waals surface area contributed by atoms with Gasteiger partial charge in [-0.1, -0.05) is 0 Å². The first kappa shape index (κ1) is 16.1. The summed E-state index contributed by atoms with van der Waals surface area (Å²) in [5.74, 6) is -0.0629. The summed E-state index contributed by atoms with van der Waals surface area (Å²) in [5.41, 5.74) is 0. The van der Waals surface area contributed by atoms with Crippen molar-refractivity contribution >= 4 is 17.2 Å². The predicted molar refractivity (Wildman–Crippen MR) is 73.4 cm³/mol. The van der Waals surface area contributed by atoms with E-state index in [1.807, 2.05) is 0 Å². The largest absolute Gasteiger partial charge is 0.475 e. The van der Waals surface area contributed by atoms with Crippen molar-refractivity contribution in [1.82, 2.24) is 10.6 Å². The van der Waals surface area contributed by atoms with E-state index < -0.39 is 12.8 Å². The summed E-state index contributed by atoms with van der Waals surface area (Å²) in [4.78, 5) is 12.7. The molecule has 1 amide bonds. The topological polar surface area (TPSA) is 50.4 Å². The lowest BCUT2D eigenvalue weighted by Gasteiger charge is -2.15. The molecule has 1 aliphatic rings. The predicted octanol–water partition coefficient (Wildman–Crippen LogP) is 2.48. The van der Waals surface area contributed by atoms with Gasteiger partial charge in [-0.3, -0.25) is 4.79 Å². The van der Waals surface area contributed by atoms with Crippen LogP contribution in [0.1, 0.15) is 24.3 Å². The van der Waals surface area contributed by atoms with E-state index in [4.69, 9.17) is 0 Å². The second kappa shape index (κ2) is 6.65. The Bertz CT molecular complexity index is 484. The number of halogens is 3. The summed E-state index contributed by atoms with van der Waals surface area (Å²) < 4.78 is 40.9. The molecule has 0 aliphatic carbocycles. The van der Waals surface area contributed by atoms with E-state index in [1.54, 1.807) is 13.0 Å². The Balaban J connectivity index is 1.86. The molecule has 2 heterocycles. The van der Waals surface area contributed by atoms with Gasteiger partial charge >= 0.3 is 6.18 Å². The van der Waals surface area contributed by atoms with Gasteiger partial charge in [0.1, 0.15) is 0 Å². The molecule has 0 bridgehead atoms. The first-order valence-corrected chi connectivity index (χ1v) is 7.47. The Morgan fingerprint density at radius 1 is 1.57 bits per heavy atom. The number of ether oxygens (including phenoxy) is 1. The van der Waals surface area contributed by atoms with Crippen LogP contribution in [0.2, 0.25) is 0 Å². The maximum Gasteiger partial charge on any atom is 0.422 e. The monoisotopic (exact) mass is 322 g/mol. The number of hydrogen-bond donors (Lipinski definition) is 2. The number of rotatable bonds is 5. The van der Waals surface area contributed by atoms with Crippen molar-refractivity contribution in [1.29, 1.82) is 0 Å². The first-order valence-electron chi connectivity index (χ1n) is 6.65. The van der Waals surface area contributed by atoms with E-state index in [0.29, 0.717) is 6.54 Å². The Morgan fingerprint density at radius 3 is 2.95 bits per heavy atom. The summed E-state index contributed by atoms with van der Waals surface area (Å²) in [6, 6.07) is 2.92. The molecule has 0 radical (unpaired) electrons. The average molecular weight is 322 g/mol. The van der Waals surface area contributed by atoms with Gasteiger partial charge in [-0.25, -0.2) is 0 Å². The van der Waals surface area contributed by atoms with E-state index in [1.165, 1.54) is 6.07 Å². The van der Waals surface area contributed by atoms with Crippen molar-refractivity contribution < 1.29 is 22.7 Å². The van der Waals surface area contributed by atoms with Gasteiger partial charge < -0.3 is 15.4 Å². The molecule has 1 aromatic heterocycles. The Kier molecular flexibility index (Phi) is 5.10. The van der Waals surface area contributed by atoms with Gasteiger partial charge in [-0.05, 0) is 32.0 Å². The highest BCUT2D eigenvalue weighted by atomic mass is 32.1. The van der Waals surface area contributed by atoms with Crippen LogP contribution < -0.4 is 15.4 Å². The van der Waals surface area contributed by atoms with Crippen LogP contribution in [-0.4, -0.2) is 31.8 Å². The van der Waals surface area contributed by atoms with Gasteiger partial charge in [0.15, 0.2) is 11.7 Å². The fourth-order valence-electron chi connectivity index (χ4n) is 2.08. The van der Waals surface area contributed by atoms with Crippen LogP contribution in [0.5, 0.6) is 5.06 Å². The maximum atomic E-state index is 12.1. The van der Waals surface area contributed by atoms with Gasteiger partial charge in [0.25, 0.3) is 0 Å². The van der Waals surface area contributed by atoms with E-state index >= 15 is 0 Å². The third-order valence-corrected chi connectivity index (χ3v) is 4.38. The van der Waals surface area contributed by atoms with Crippen LogP contribution in [0.25, 0.3) is 0 Å². The van der Waals surface area contributed by atoms with E-state index in [2.05, 4.69) is 15.4 Å². The minimum atomic E-state index is -4.35. The van der Waals surface area contributed by atoms with Crippen molar-refractivity contribution in [3.8, 4) is 5.06 Å². The van der Waals surface area contributed by atoms with E-state index in [9.17, 15) is 18.0 Å². The lowest BCUT2D eigenvalue weighted by molar-refractivity contribution is -0.152. The smallest absolute Gasteiger partial charge is 0.422 e. The molecule has 1 unspecified atom stereocenters. The summed E-state index contributed by atoms with van der Waals surface area (Å²) in [7, 11) is 0. The lowest BCUT2D eigenvalue weighted by Crippen LogP contribution is -2.33. The minimum absolute atomic E-state index is 0.0290. The van der Waals surface area contributed by atoms with Crippen LogP contribution in [0.3, 0.4) is 0 Å². The highest BCUT2D eigenvalue weighted by Gasteiger charge is 2.29. The van der Waals surface area contributed by atoms with Crippen molar-refractivity contribution in [3.05, 3.63) is 17.0 Å². The highest BCUT2D eigenvalue weighted by Crippen LogP contribution is 2.30. The average Bonchev–Trinajstić information content (AvgIpc) is 3.07. The second-order valence-electron chi connectivity index (χ2n) is 4.98. The number of nitrogens with one attached hydrogen (secondary N) is 2. The summed E-state index contributed by atoms with van der Waals surface area (Å²) in [6.45, 7) is 2.00. The fourth-order valence-corrected chi connectivity index (χ4v) is 2.94. The van der Waals surface area contributed by atoms with Gasteiger partial charge in [-0.2, -0.15) is 13.2 Å². The zero-order valence-electron chi connectivity index (χ0n) is 11.5. The molecule has 2 rings (SSSR count). The Morgan fingerprint density at radius 2 is 2.33 bits per heavy atom. The molecule has 2 atom stereocenters. The molecule has 2 N–H and O–H groups in total. The molecule has 1 fully saturated rings. The molecule has 0 aromatic carbocycles. The van der Waals surface area contributed by atoms with Crippen LogP contribution in [0.15, 0.2) is 12.1 Å². The van der Waals surface area contributed by atoms with Crippen LogP contribution >= 0.6 is 11.3 Å². The Labute approximate surface area is 124 Å². The van der Waals surface area contributed by atoms with Crippen LogP contribution in [0, 0.1) is 5.92 Å². The number of alkyl halides is 3. The number of hydrogen-bond acceptors (Lipinski definition) is 4. The number of carbonyl (C=O) groups excluding carboxylic acids is 1. The molecule has 21 heavy (non-hydrogen) atoms. The quantitative estimate of drug-likeness (QED) is 0.876. The number of carbonyl (C=O) groups is 1. The molecule has 4 nitrogen and oxygen atoms in total. The summed E-state index contributed by atoms with van der Waals surface area (Å²) in [6.07, 6.45) is -3.54. The van der Waals surface area contributed by atoms with Crippen molar-refractivity contribution in [2.75, 3.05) is 19.7 Å². The second-order valence-corrected chi connectivity index (χ2v) is 6.06. The number of amides is 1. The summed E-state index contributed by atoms with van der Waals surface area (Å²) in [5, 5.41) is 6.19. The van der Waals surface area contributed by atoms with Crippen molar-refractivity contribution in [3.63, 3.8) is 0 Å². The summed E-state index contributed by atoms with van der Waals surface area (Å²) >= 11 is 1.11. The lowest BCUT2D eigenvalue weighted by atomic mass is 10.1. The van der Waals surface area contributed by atoms with Gasteiger partial charge in [0.2, 0.25) is 5.91 Å². The van der Waals surface area contributed by atoms with E-state index in [0.717, 1.165) is 29.2 Å².